The third-order valence-electron chi connectivity index (χ3n) is 6.24. The van der Waals surface area contributed by atoms with Gasteiger partial charge in [-0.05, 0) is 37.2 Å². The summed E-state index contributed by atoms with van der Waals surface area (Å²) >= 11 is 7.53. The molecule has 0 radical (unpaired) electrons. The minimum absolute atomic E-state index is 0.105. The van der Waals surface area contributed by atoms with Gasteiger partial charge in [0.05, 0.1) is 15.2 Å². The molecule has 36 heavy (non-hydrogen) atoms. The minimum atomic E-state index is -0.793. The van der Waals surface area contributed by atoms with Crippen molar-refractivity contribution in [3.05, 3.63) is 40.4 Å². The van der Waals surface area contributed by atoms with Crippen molar-refractivity contribution < 1.29 is 14.4 Å². The van der Waals surface area contributed by atoms with Crippen molar-refractivity contribution in [3.63, 3.8) is 0 Å². The van der Waals surface area contributed by atoms with Gasteiger partial charge in [0.15, 0.2) is 0 Å². The molecule has 0 spiro atoms. The second-order valence-electron chi connectivity index (χ2n) is 8.95. The molecule has 1 aromatic carbocycles. The van der Waals surface area contributed by atoms with Crippen LogP contribution in [0.5, 0.6) is 0 Å². The Morgan fingerprint density at radius 1 is 1.17 bits per heavy atom. The molecule has 3 atom stereocenters. The summed E-state index contributed by atoms with van der Waals surface area (Å²) in [6, 6.07) is 4.34. The summed E-state index contributed by atoms with van der Waals surface area (Å²) in [5.41, 5.74) is 1.28. The second-order valence-corrected chi connectivity index (χ2v) is 10.5. The number of hydrogen-bond donors (Lipinski definition) is 3. The van der Waals surface area contributed by atoms with E-state index in [9.17, 15) is 14.4 Å². The first-order valence-electron chi connectivity index (χ1n) is 12.4. The number of fused-ring (bicyclic) bond motifs is 1. The van der Waals surface area contributed by atoms with E-state index >= 15 is 0 Å². The smallest absolute Gasteiger partial charge is 0.247 e. The molecule has 0 unspecified atom stereocenters. The first-order valence-corrected chi connectivity index (χ1v) is 13.6. The quantitative estimate of drug-likeness (QED) is 0.321. The molecule has 2 rings (SSSR count). The number of carbonyl (C=O) groups excluding carboxylic acids is 3. The number of aromatic nitrogens is 1. The molecular weight excluding hydrogens is 498 g/mol. The number of halogens is 1. The summed E-state index contributed by atoms with van der Waals surface area (Å²) in [4.78, 5) is 44.5. The number of nitrogens with one attached hydrogen (secondary N) is 3. The van der Waals surface area contributed by atoms with E-state index in [-0.39, 0.29) is 42.6 Å². The van der Waals surface area contributed by atoms with Crippen molar-refractivity contribution in [1.29, 1.82) is 0 Å². The molecule has 10 heteroatoms. The van der Waals surface area contributed by atoms with Gasteiger partial charge in [0, 0.05) is 43.1 Å². The molecule has 0 fully saturated rings. The maximum Gasteiger partial charge on any atom is 0.247 e. The average molecular weight is 536 g/mol. The van der Waals surface area contributed by atoms with Gasteiger partial charge in [-0.3, -0.25) is 19.3 Å². The molecule has 0 saturated carbocycles. The maximum absolute atomic E-state index is 13.3. The first kappa shape index (κ1) is 29.7. The van der Waals surface area contributed by atoms with E-state index in [1.54, 1.807) is 6.07 Å². The maximum atomic E-state index is 13.3. The van der Waals surface area contributed by atoms with Crippen LogP contribution >= 0.6 is 22.9 Å². The third kappa shape index (κ3) is 8.87. The van der Waals surface area contributed by atoms with E-state index in [1.165, 1.54) is 18.3 Å². The Kier molecular flexibility index (Phi) is 11.8. The predicted octanol–water partition coefficient (Wildman–Crippen LogP) is 3.54. The monoisotopic (exact) mass is 535 g/mol. The van der Waals surface area contributed by atoms with E-state index < -0.39 is 6.04 Å². The first-order chi connectivity index (χ1) is 17.1. The highest BCUT2D eigenvalue weighted by Crippen LogP contribution is 2.26. The molecule has 0 bridgehead atoms. The minimum Gasteiger partial charge on any atom is -0.350 e. The summed E-state index contributed by atoms with van der Waals surface area (Å²) < 4.78 is 0.921. The Morgan fingerprint density at radius 2 is 1.86 bits per heavy atom. The lowest BCUT2D eigenvalue weighted by Crippen LogP contribution is -2.54. The fourth-order valence-electron chi connectivity index (χ4n) is 3.74. The standard InChI is InChI=1S/C26H38ClN5O3S/c1-7-16(4)22(14-28-25(34)17(5)15-32(8-2)9-3)31-26(35)21(29-18(6)33)13-24-30-20-11-10-19(27)12-23(20)36-24/h10-12,16,21-22H,5,7-9,13-15H2,1-4,6H3,(H,28,34)(H,29,33)(H,31,35)/t16-,21-,22+/m0/s1. The van der Waals surface area contributed by atoms with Gasteiger partial charge in [-0.25, -0.2) is 4.98 Å². The lowest BCUT2D eigenvalue weighted by molar-refractivity contribution is -0.128. The molecule has 0 aliphatic rings. The van der Waals surface area contributed by atoms with Crippen LogP contribution in [0.3, 0.4) is 0 Å². The Labute approximate surface area is 222 Å². The number of benzene rings is 1. The van der Waals surface area contributed by atoms with Crippen LogP contribution < -0.4 is 16.0 Å². The molecule has 0 saturated heterocycles. The van der Waals surface area contributed by atoms with E-state index in [1.807, 2.05) is 39.8 Å². The van der Waals surface area contributed by atoms with Crippen LogP contribution in [-0.2, 0) is 20.8 Å². The van der Waals surface area contributed by atoms with Crippen LogP contribution in [-0.4, -0.2) is 65.9 Å². The molecule has 1 aromatic heterocycles. The third-order valence-corrected chi connectivity index (χ3v) is 7.51. The van der Waals surface area contributed by atoms with Crippen LogP contribution in [0.15, 0.2) is 30.4 Å². The van der Waals surface area contributed by atoms with Gasteiger partial charge in [0.2, 0.25) is 17.7 Å². The number of likely N-dealkylation sites (N-methyl/N-ethyl adjacent to an activating group) is 1. The number of amides is 3. The molecule has 3 amide bonds. The van der Waals surface area contributed by atoms with Crippen LogP contribution in [0.2, 0.25) is 5.02 Å². The highest BCUT2D eigenvalue weighted by molar-refractivity contribution is 7.18. The van der Waals surface area contributed by atoms with Gasteiger partial charge < -0.3 is 16.0 Å². The molecule has 8 nitrogen and oxygen atoms in total. The van der Waals surface area contributed by atoms with Crippen molar-refractivity contribution in [2.24, 2.45) is 5.92 Å². The fourth-order valence-corrected chi connectivity index (χ4v) is 5.03. The number of rotatable bonds is 14. The summed E-state index contributed by atoms with van der Waals surface area (Å²) in [6.07, 6.45) is 1.06. The molecule has 2 aromatic rings. The lowest BCUT2D eigenvalue weighted by atomic mass is 9.98. The Morgan fingerprint density at radius 3 is 2.47 bits per heavy atom. The highest BCUT2D eigenvalue weighted by atomic mass is 35.5. The van der Waals surface area contributed by atoms with Gasteiger partial charge in [-0.15, -0.1) is 11.3 Å². The number of nitrogens with zero attached hydrogens (tertiary/aromatic N) is 2. The molecule has 3 N–H and O–H groups in total. The van der Waals surface area contributed by atoms with E-state index in [0.717, 1.165) is 34.7 Å². The second kappa shape index (κ2) is 14.3. The van der Waals surface area contributed by atoms with Crippen molar-refractivity contribution >= 4 is 50.9 Å². The van der Waals surface area contributed by atoms with Crippen LogP contribution in [0, 0.1) is 5.92 Å². The highest BCUT2D eigenvalue weighted by Gasteiger charge is 2.27. The zero-order chi connectivity index (χ0) is 26.8. The number of thiazole rings is 1. The van der Waals surface area contributed by atoms with Crippen LogP contribution in [0.25, 0.3) is 10.2 Å². The Balaban J connectivity index is 2.09. The van der Waals surface area contributed by atoms with Crippen molar-refractivity contribution in [2.45, 2.75) is 59.5 Å². The zero-order valence-electron chi connectivity index (χ0n) is 21.8. The number of hydrogen-bond acceptors (Lipinski definition) is 6. The van der Waals surface area contributed by atoms with Crippen molar-refractivity contribution in [3.8, 4) is 0 Å². The topological polar surface area (TPSA) is 103 Å². The summed E-state index contributed by atoms with van der Waals surface area (Å²) in [7, 11) is 0. The van der Waals surface area contributed by atoms with Crippen LogP contribution in [0.4, 0.5) is 0 Å². The average Bonchev–Trinajstić information content (AvgIpc) is 3.24. The largest absolute Gasteiger partial charge is 0.350 e. The van der Waals surface area contributed by atoms with Gasteiger partial charge >= 0.3 is 0 Å². The Hall–Kier alpha value is -2.49. The van der Waals surface area contributed by atoms with E-state index in [0.29, 0.717) is 17.1 Å². The van der Waals surface area contributed by atoms with E-state index in [4.69, 9.17) is 11.6 Å². The summed E-state index contributed by atoms with van der Waals surface area (Å²) in [5, 5.41) is 10.0. The van der Waals surface area contributed by atoms with Crippen molar-refractivity contribution in [1.82, 2.24) is 25.8 Å². The molecular formula is C26H38ClN5O3S. The summed E-state index contributed by atoms with van der Waals surface area (Å²) in [6.45, 7) is 15.9. The normalized spacial score (nSPS) is 13.8. The van der Waals surface area contributed by atoms with Gasteiger partial charge in [-0.1, -0.05) is 52.3 Å². The van der Waals surface area contributed by atoms with Crippen LogP contribution in [0.1, 0.15) is 46.0 Å². The molecule has 1 heterocycles. The molecule has 0 aliphatic heterocycles. The van der Waals surface area contributed by atoms with Gasteiger partial charge in [0.25, 0.3) is 0 Å². The number of carbonyl (C=O) groups is 3. The van der Waals surface area contributed by atoms with Gasteiger partial charge in [-0.2, -0.15) is 0 Å². The predicted molar refractivity (Wildman–Crippen MR) is 147 cm³/mol. The zero-order valence-corrected chi connectivity index (χ0v) is 23.4. The molecule has 198 valence electrons. The SMILES string of the molecule is C=C(CN(CC)CC)C(=O)NC[C@@H](NC(=O)[C@H](Cc1nc2ccc(Cl)cc2s1)NC(C)=O)[C@@H](C)CC. The van der Waals surface area contributed by atoms with Gasteiger partial charge in [0.1, 0.15) is 6.04 Å². The summed E-state index contributed by atoms with van der Waals surface area (Å²) in [5.74, 6) is -0.742. The van der Waals surface area contributed by atoms with E-state index in [2.05, 4.69) is 32.4 Å². The van der Waals surface area contributed by atoms with Crippen molar-refractivity contribution in [2.75, 3.05) is 26.2 Å². The lowest BCUT2D eigenvalue weighted by Gasteiger charge is -2.27. The fraction of sp³-hybridized carbons (Fsp3) is 0.538. The Bertz CT molecular complexity index is 1070. The molecule has 0 aliphatic carbocycles.